The molecule has 0 aliphatic heterocycles. The minimum absolute atomic E-state index is 0.215. The molecule has 188 valence electrons. The van der Waals surface area contributed by atoms with Crippen LogP contribution in [-0.2, 0) is 11.8 Å². The summed E-state index contributed by atoms with van der Waals surface area (Å²) in [5, 5.41) is 4.73. The molecule has 4 rings (SSSR count). The van der Waals surface area contributed by atoms with Crippen molar-refractivity contribution in [1.29, 1.82) is 0 Å². The molecule has 4 aromatic rings. The SMILES string of the molecule is COc1ccc(CCN(C)C(=O)c2cc(-c3cccc(F)c3)n3nc(C(C)(C)C)cc3n2)cc1OC. The second-order valence-electron chi connectivity index (χ2n) is 9.75. The molecule has 0 radical (unpaired) electrons. The molecule has 8 heteroatoms. The first-order valence-electron chi connectivity index (χ1n) is 11.7. The third-order valence-corrected chi connectivity index (χ3v) is 6.07. The number of hydrogen-bond donors (Lipinski definition) is 0. The number of ether oxygens (including phenoxy) is 2. The Morgan fingerprint density at radius 1 is 1.03 bits per heavy atom. The first kappa shape index (κ1) is 25.2. The van der Waals surface area contributed by atoms with Crippen LogP contribution in [0.3, 0.4) is 0 Å². The Balaban J connectivity index is 1.66. The molecule has 36 heavy (non-hydrogen) atoms. The number of amides is 1. The van der Waals surface area contributed by atoms with Gasteiger partial charge in [-0.25, -0.2) is 13.9 Å². The molecule has 2 aromatic heterocycles. The summed E-state index contributed by atoms with van der Waals surface area (Å²) in [5.41, 5.74) is 3.67. The number of carbonyl (C=O) groups is 1. The van der Waals surface area contributed by atoms with Gasteiger partial charge in [0.05, 0.1) is 25.6 Å². The van der Waals surface area contributed by atoms with Crippen LogP contribution in [0.25, 0.3) is 16.9 Å². The fraction of sp³-hybridized carbons (Fsp3) is 0.321. The molecule has 0 aliphatic carbocycles. The average Bonchev–Trinajstić information content (AvgIpc) is 3.31. The van der Waals surface area contributed by atoms with Crippen LogP contribution < -0.4 is 9.47 Å². The van der Waals surface area contributed by atoms with Crippen molar-refractivity contribution in [2.45, 2.75) is 32.6 Å². The van der Waals surface area contributed by atoms with E-state index in [1.807, 2.05) is 24.3 Å². The fourth-order valence-electron chi connectivity index (χ4n) is 3.93. The number of likely N-dealkylation sites (N-methyl/N-ethyl adjacent to an activating group) is 1. The van der Waals surface area contributed by atoms with Gasteiger partial charge >= 0.3 is 0 Å². The van der Waals surface area contributed by atoms with Gasteiger partial charge in [-0.2, -0.15) is 5.10 Å². The molecule has 0 N–H and O–H groups in total. The fourth-order valence-corrected chi connectivity index (χ4v) is 3.93. The number of carbonyl (C=O) groups excluding carboxylic acids is 1. The van der Waals surface area contributed by atoms with E-state index in [1.165, 1.54) is 12.1 Å². The molecule has 0 saturated carbocycles. The smallest absolute Gasteiger partial charge is 0.272 e. The van der Waals surface area contributed by atoms with Crippen molar-refractivity contribution in [3.05, 3.63) is 77.4 Å². The summed E-state index contributed by atoms with van der Waals surface area (Å²) >= 11 is 0. The molecular formula is C28H31FN4O3. The Labute approximate surface area is 210 Å². The largest absolute Gasteiger partial charge is 0.493 e. The van der Waals surface area contributed by atoms with Gasteiger partial charge in [0.1, 0.15) is 11.5 Å². The van der Waals surface area contributed by atoms with Gasteiger partial charge in [0.15, 0.2) is 17.1 Å². The van der Waals surface area contributed by atoms with E-state index in [9.17, 15) is 9.18 Å². The summed E-state index contributed by atoms with van der Waals surface area (Å²) < 4.78 is 26.4. The molecule has 0 unspecified atom stereocenters. The minimum atomic E-state index is -0.361. The number of benzene rings is 2. The quantitative estimate of drug-likeness (QED) is 0.358. The lowest BCUT2D eigenvalue weighted by Crippen LogP contribution is -2.29. The normalized spacial score (nSPS) is 11.5. The van der Waals surface area contributed by atoms with Gasteiger partial charge in [-0.15, -0.1) is 0 Å². The van der Waals surface area contributed by atoms with E-state index in [0.717, 1.165) is 11.3 Å². The summed E-state index contributed by atoms with van der Waals surface area (Å²) in [7, 11) is 4.93. The van der Waals surface area contributed by atoms with E-state index >= 15 is 0 Å². The number of halogens is 1. The summed E-state index contributed by atoms with van der Waals surface area (Å²) in [6, 6.07) is 15.5. The molecular weight excluding hydrogens is 459 g/mol. The minimum Gasteiger partial charge on any atom is -0.493 e. The van der Waals surface area contributed by atoms with Crippen LogP contribution in [-0.4, -0.2) is 53.2 Å². The molecule has 0 aliphatic rings. The highest BCUT2D eigenvalue weighted by molar-refractivity contribution is 5.93. The van der Waals surface area contributed by atoms with Crippen molar-refractivity contribution in [1.82, 2.24) is 19.5 Å². The maximum atomic E-state index is 14.1. The molecule has 0 bridgehead atoms. The Hall–Kier alpha value is -3.94. The van der Waals surface area contributed by atoms with Crippen LogP contribution >= 0.6 is 0 Å². The number of methoxy groups -OCH3 is 2. The molecule has 2 aromatic carbocycles. The van der Waals surface area contributed by atoms with Crippen LogP contribution in [0.4, 0.5) is 4.39 Å². The average molecular weight is 491 g/mol. The van der Waals surface area contributed by atoms with Crippen LogP contribution in [0, 0.1) is 5.82 Å². The van der Waals surface area contributed by atoms with Gasteiger partial charge in [-0.05, 0) is 42.3 Å². The van der Waals surface area contributed by atoms with Gasteiger partial charge < -0.3 is 14.4 Å². The van der Waals surface area contributed by atoms with Gasteiger partial charge in [-0.3, -0.25) is 4.79 Å². The number of aromatic nitrogens is 3. The number of hydrogen-bond acceptors (Lipinski definition) is 5. The molecule has 0 saturated heterocycles. The lowest BCUT2D eigenvalue weighted by molar-refractivity contribution is 0.0791. The highest BCUT2D eigenvalue weighted by Gasteiger charge is 2.23. The first-order chi connectivity index (χ1) is 17.1. The van der Waals surface area contributed by atoms with E-state index < -0.39 is 0 Å². The van der Waals surface area contributed by atoms with Gasteiger partial charge in [0.2, 0.25) is 0 Å². The Morgan fingerprint density at radius 3 is 2.44 bits per heavy atom. The lowest BCUT2D eigenvalue weighted by atomic mass is 9.93. The van der Waals surface area contributed by atoms with E-state index in [4.69, 9.17) is 14.6 Å². The second-order valence-corrected chi connectivity index (χ2v) is 9.75. The van der Waals surface area contributed by atoms with E-state index in [1.54, 1.807) is 48.9 Å². The van der Waals surface area contributed by atoms with Crippen molar-refractivity contribution < 1.29 is 18.7 Å². The van der Waals surface area contributed by atoms with Gasteiger partial charge in [0, 0.05) is 30.6 Å². The summed E-state index contributed by atoms with van der Waals surface area (Å²) in [4.78, 5) is 19.7. The molecule has 1 amide bonds. The van der Waals surface area contributed by atoms with E-state index in [-0.39, 0.29) is 22.8 Å². The maximum absolute atomic E-state index is 14.1. The monoisotopic (exact) mass is 490 g/mol. The lowest BCUT2D eigenvalue weighted by Gasteiger charge is -2.18. The van der Waals surface area contributed by atoms with Crippen LogP contribution in [0.2, 0.25) is 0 Å². The number of fused-ring (bicyclic) bond motifs is 1. The Bertz CT molecular complexity index is 1410. The molecule has 7 nitrogen and oxygen atoms in total. The van der Waals surface area contributed by atoms with Gasteiger partial charge in [-0.1, -0.05) is 39.0 Å². The number of nitrogens with zero attached hydrogens (tertiary/aromatic N) is 4. The van der Waals surface area contributed by atoms with Crippen molar-refractivity contribution in [3.8, 4) is 22.8 Å². The number of rotatable bonds is 7. The predicted octanol–water partition coefficient (Wildman–Crippen LogP) is 5.16. The van der Waals surface area contributed by atoms with E-state index in [0.29, 0.717) is 41.4 Å². The summed E-state index contributed by atoms with van der Waals surface area (Å²) in [6.45, 7) is 6.66. The Kier molecular flexibility index (Phi) is 6.97. The summed E-state index contributed by atoms with van der Waals surface area (Å²) in [6.07, 6.45) is 0.627. The van der Waals surface area contributed by atoms with Crippen molar-refractivity contribution in [3.63, 3.8) is 0 Å². The molecule has 0 atom stereocenters. The molecule has 2 heterocycles. The second kappa shape index (κ2) is 9.97. The van der Waals surface area contributed by atoms with Crippen molar-refractivity contribution in [2.75, 3.05) is 27.8 Å². The topological polar surface area (TPSA) is 69.0 Å². The van der Waals surface area contributed by atoms with Crippen LogP contribution in [0.15, 0.2) is 54.6 Å². The highest BCUT2D eigenvalue weighted by atomic mass is 19.1. The standard InChI is InChI=1S/C28H31FN4O3/c1-28(2,3)25-17-26-30-21(16-22(33(26)31-25)19-8-7-9-20(29)15-19)27(34)32(4)13-12-18-10-11-23(35-5)24(14-18)36-6/h7-11,14-17H,12-13H2,1-6H3. The molecule has 0 fully saturated rings. The van der Waals surface area contributed by atoms with Crippen LogP contribution in [0.1, 0.15) is 42.5 Å². The third kappa shape index (κ3) is 5.17. The van der Waals surface area contributed by atoms with Crippen LogP contribution in [0.5, 0.6) is 11.5 Å². The maximum Gasteiger partial charge on any atom is 0.272 e. The molecule has 0 spiro atoms. The summed E-state index contributed by atoms with van der Waals surface area (Å²) in [5.74, 6) is 0.712. The third-order valence-electron chi connectivity index (χ3n) is 6.07. The van der Waals surface area contributed by atoms with E-state index in [2.05, 4.69) is 25.8 Å². The Morgan fingerprint density at radius 2 is 1.78 bits per heavy atom. The zero-order valence-electron chi connectivity index (χ0n) is 21.5. The zero-order valence-corrected chi connectivity index (χ0v) is 21.5. The van der Waals surface area contributed by atoms with Crippen molar-refractivity contribution >= 4 is 11.6 Å². The van der Waals surface area contributed by atoms with Gasteiger partial charge in [0.25, 0.3) is 5.91 Å². The predicted molar refractivity (Wildman–Crippen MR) is 137 cm³/mol. The van der Waals surface area contributed by atoms with Crippen molar-refractivity contribution in [2.24, 2.45) is 0 Å². The highest BCUT2D eigenvalue weighted by Crippen LogP contribution is 2.29. The zero-order chi connectivity index (χ0) is 26.0. The first-order valence-corrected chi connectivity index (χ1v) is 11.7.